The number of carbonyl (C=O) groups excluding carboxylic acids is 1. The Kier molecular flexibility index (Phi) is 4.72. The van der Waals surface area contributed by atoms with Crippen LogP contribution < -0.4 is 5.32 Å². The van der Waals surface area contributed by atoms with Crippen LogP contribution in [0.15, 0.2) is 41.8 Å². The Hall–Kier alpha value is -1.90. The summed E-state index contributed by atoms with van der Waals surface area (Å²) in [7, 11) is -1.80. The molecule has 2 aliphatic carbocycles. The maximum Gasteiger partial charge on any atom is 0.262 e. The molecule has 30 heavy (non-hydrogen) atoms. The van der Waals surface area contributed by atoms with Gasteiger partial charge >= 0.3 is 0 Å². The van der Waals surface area contributed by atoms with Gasteiger partial charge in [-0.1, -0.05) is 24.4 Å². The topological polar surface area (TPSA) is 84.3 Å². The summed E-state index contributed by atoms with van der Waals surface area (Å²) in [6.45, 7) is 1.61. The van der Waals surface area contributed by atoms with E-state index in [1.165, 1.54) is 19.2 Å². The summed E-state index contributed by atoms with van der Waals surface area (Å²) in [6.07, 6.45) is 6.60. The molecule has 1 amide bonds. The van der Waals surface area contributed by atoms with E-state index in [4.69, 9.17) is 11.6 Å². The molecule has 0 spiro atoms. The molecular weight excluding hydrogens is 424 g/mol. The van der Waals surface area contributed by atoms with Gasteiger partial charge in [-0.15, -0.1) is 0 Å². The number of imidazole rings is 1. The van der Waals surface area contributed by atoms with E-state index in [2.05, 4.69) is 10.3 Å². The Balaban J connectivity index is 1.27. The van der Waals surface area contributed by atoms with Crippen LogP contribution in [0.5, 0.6) is 0 Å². The second-order valence-electron chi connectivity index (χ2n) is 8.98. The van der Waals surface area contributed by atoms with E-state index in [0.29, 0.717) is 48.0 Å². The Labute approximate surface area is 181 Å². The predicted octanol–water partition coefficient (Wildman–Crippen LogP) is 2.54. The van der Waals surface area contributed by atoms with Crippen molar-refractivity contribution in [3.8, 4) is 0 Å². The van der Waals surface area contributed by atoms with Gasteiger partial charge in [-0.3, -0.25) is 4.79 Å². The minimum Gasteiger partial charge on any atom is -0.351 e. The van der Waals surface area contributed by atoms with Crippen LogP contribution in [0, 0.1) is 23.2 Å². The van der Waals surface area contributed by atoms with Crippen molar-refractivity contribution in [3.63, 3.8) is 0 Å². The first-order chi connectivity index (χ1) is 14.3. The first kappa shape index (κ1) is 20.0. The minimum atomic E-state index is -3.56. The molecule has 2 heterocycles. The summed E-state index contributed by atoms with van der Waals surface area (Å²) < 4.78 is 29.0. The third-order valence-electron chi connectivity index (χ3n) is 6.99. The number of hydrogen-bond donors (Lipinski definition) is 1. The van der Waals surface area contributed by atoms with Crippen LogP contribution in [0.1, 0.15) is 29.6 Å². The summed E-state index contributed by atoms with van der Waals surface area (Å²) >= 11 is 5.91. The van der Waals surface area contributed by atoms with Crippen LogP contribution in [-0.4, -0.2) is 47.8 Å². The van der Waals surface area contributed by atoms with Crippen LogP contribution in [0.2, 0.25) is 5.02 Å². The number of fused-ring (bicyclic) bond motifs is 1. The summed E-state index contributed by atoms with van der Waals surface area (Å²) in [5.74, 6) is 1.19. The van der Waals surface area contributed by atoms with Crippen LogP contribution in [0.4, 0.5) is 0 Å². The lowest BCUT2D eigenvalue weighted by molar-refractivity contribution is 0.0937. The highest BCUT2D eigenvalue weighted by Gasteiger charge is 2.69. The molecule has 3 fully saturated rings. The van der Waals surface area contributed by atoms with Crippen molar-refractivity contribution in [1.82, 2.24) is 19.2 Å². The lowest BCUT2D eigenvalue weighted by atomic mass is 9.92. The molecule has 5 rings (SSSR count). The second kappa shape index (κ2) is 7.07. The standard InChI is InChI=1S/C21H25ClN4O3S/c1-25-11-19(24-13-25)30(28,29)26-9-17-18(10-26)21(17,8-14-2-3-14)12-23-20(27)15-4-6-16(22)7-5-15/h4-7,11,13-14,17-18H,2-3,8-10,12H2,1H3,(H,23,27)/t17-,18+,21?. The smallest absolute Gasteiger partial charge is 0.262 e. The van der Waals surface area contributed by atoms with Crippen LogP contribution in [0.3, 0.4) is 0 Å². The number of rotatable bonds is 7. The van der Waals surface area contributed by atoms with Gasteiger partial charge in [0.25, 0.3) is 15.9 Å². The molecule has 1 unspecified atom stereocenters. The number of carbonyl (C=O) groups is 1. The first-order valence-corrected chi connectivity index (χ1v) is 12.1. The van der Waals surface area contributed by atoms with Gasteiger partial charge < -0.3 is 9.88 Å². The molecule has 2 aromatic rings. The number of aryl methyl sites for hydroxylation is 1. The summed E-state index contributed by atoms with van der Waals surface area (Å²) in [5.41, 5.74) is 0.602. The zero-order chi connectivity index (χ0) is 21.1. The number of amides is 1. The SMILES string of the molecule is Cn1cnc(S(=O)(=O)N2C[C@@H]3[C@H](C2)C3(CNC(=O)c2ccc(Cl)cc2)CC2CC2)c1. The number of halogens is 1. The van der Waals surface area contributed by atoms with Gasteiger partial charge in [0.1, 0.15) is 0 Å². The maximum absolute atomic E-state index is 12.9. The number of benzene rings is 1. The lowest BCUT2D eigenvalue weighted by Crippen LogP contribution is -2.39. The Morgan fingerprint density at radius 2 is 1.90 bits per heavy atom. The van der Waals surface area contributed by atoms with Crippen molar-refractivity contribution in [3.05, 3.63) is 47.4 Å². The highest BCUT2D eigenvalue weighted by Crippen LogP contribution is 2.67. The molecule has 3 aliphatic rings. The van der Waals surface area contributed by atoms with E-state index in [9.17, 15) is 13.2 Å². The molecule has 3 atom stereocenters. The van der Waals surface area contributed by atoms with Gasteiger partial charge in [-0.25, -0.2) is 13.4 Å². The highest BCUT2D eigenvalue weighted by molar-refractivity contribution is 7.89. The lowest BCUT2D eigenvalue weighted by Gasteiger charge is -2.26. The van der Waals surface area contributed by atoms with Crippen molar-refractivity contribution >= 4 is 27.5 Å². The average Bonchev–Trinajstić information content (AvgIpc) is 3.47. The van der Waals surface area contributed by atoms with Crippen molar-refractivity contribution in [2.45, 2.75) is 24.3 Å². The van der Waals surface area contributed by atoms with Crippen molar-refractivity contribution in [1.29, 1.82) is 0 Å². The summed E-state index contributed by atoms with van der Waals surface area (Å²) in [5, 5.41) is 3.81. The van der Waals surface area contributed by atoms with E-state index < -0.39 is 10.0 Å². The Morgan fingerprint density at radius 1 is 1.23 bits per heavy atom. The molecule has 7 nitrogen and oxygen atoms in total. The highest BCUT2D eigenvalue weighted by atomic mass is 35.5. The molecule has 160 valence electrons. The fourth-order valence-corrected chi connectivity index (χ4v) is 6.68. The summed E-state index contributed by atoms with van der Waals surface area (Å²) in [6, 6.07) is 6.87. The number of piperidine rings is 1. The fourth-order valence-electron chi connectivity index (χ4n) is 5.10. The predicted molar refractivity (Wildman–Crippen MR) is 113 cm³/mol. The third-order valence-corrected chi connectivity index (χ3v) is 8.96. The average molecular weight is 449 g/mol. The molecule has 1 saturated heterocycles. The normalized spacial score (nSPS) is 28.3. The molecular formula is C21H25ClN4O3S. The van der Waals surface area contributed by atoms with Gasteiger partial charge in [-0.2, -0.15) is 4.31 Å². The summed E-state index contributed by atoms with van der Waals surface area (Å²) in [4.78, 5) is 16.6. The van der Waals surface area contributed by atoms with E-state index >= 15 is 0 Å². The van der Waals surface area contributed by atoms with Gasteiger partial charge in [0.15, 0.2) is 5.03 Å². The molecule has 9 heteroatoms. The molecule has 1 aromatic heterocycles. The van der Waals surface area contributed by atoms with Gasteiger partial charge in [0.2, 0.25) is 0 Å². The van der Waals surface area contributed by atoms with E-state index in [0.717, 1.165) is 6.42 Å². The molecule has 0 radical (unpaired) electrons. The number of nitrogens with one attached hydrogen (secondary N) is 1. The van der Waals surface area contributed by atoms with Gasteiger partial charge in [0.05, 0.1) is 6.33 Å². The van der Waals surface area contributed by atoms with Crippen LogP contribution in [0.25, 0.3) is 0 Å². The largest absolute Gasteiger partial charge is 0.351 e. The van der Waals surface area contributed by atoms with E-state index in [1.54, 1.807) is 46.4 Å². The van der Waals surface area contributed by atoms with Crippen LogP contribution >= 0.6 is 11.6 Å². The molecule has 1 aliphatic heterocycles. The zero-order valence-electron chi connectivity index (χ0n) is 16.8. The zero-order valence-corrected chi connectivity index (χ0v) is 18.4. The number of hydrogen-bond acceptors (Lipinski definition) is 4. The van der Waals surface area contributed by atoms with Gasteiger partial charge in [0, 0.05) is 43.5 Å². The molecule has 0 bridgehead atoms. The fraction of sp³-hybridized carbons (Fsp3) is 0.524. The van der Waals surface area contributed by atoms with Gasteiger partial charge in [-0.05, 0) is 53.9 Å². The van der Waals surface area contributed by atoms with Crippen molar-refractivity contribution in [2.24, 2.45) is 30.2 Å². The number of sulfonamides is 1. The number of aromatic nitrogens is 2. The molecule has 1 aromatic carbocycles. The molecule has 1 N–H and O–H groups in total. The minimum absolute atomic E-state index is 0.0133. The van der Waals surface area contributed by atoms with E-state index in [-0.39, 0.29) is 16.3 Å². The third kappa shape index (κ3) is 3.44. The van der Waals surface area contributed by atoms with E-state index in [1.807, 2.05) is 0 Å². The number of nitrogens with zero attached hydrogens (tertiary/aromatic N) is 3. The second-order valence-corrected chi connectivity index (χ2v) is 11.3. The quantitative estimate of drug-likeness (QED) is 0.705. The maximum atomic E-state index is 12.9. The Bertz CT molecular complexity index is 1070. The van der Waals surface area contributed by atoms with Crippen molar-refractivity contribution < 1.29 is 13.2 Å². The van der Waals surface area contributed by atoms with Crippen molar-refractivity contribution in [2.75, 3.05) is 19.6 Å². The first-order valence-electron chi connectivity index (χ1n) is 10.3. The molecule has 2 saturated carbocycles. The Morgan fingerprint density at radius 3 is 2.47 bits per heavy atom. The monoisotopic (exact) mass is 448 g/mol. The van der Waals surface area contributed by atoms with Crippen LogP contribution in [-0.2, 0) is 17.1 Å².